The number of H-pyrrole nitrogens is 1. The maximum atomic E-state index is 5.45. The summed E-state index contributed by atoms with van der Waals surface area (Å²) in [6.45, 7) is 4.82. The summed E-state index contributed by atoms with van der Waals surface area (Å²) >= 11 is 8.83. The molecule has 5 heteroatoms. The van der Waals surface area contributed by atoms with Crippen LogP contribution in [0.3, 0.4) is 0 Å². The molecule has 0 bridgehead atoms. The number of hydrogen-bond donors (Lipinski definition) is 1. The van der Waals surface area contributed by atoms with E-state index in [1.807, 2.05) is 26.0 Å². The number of nitrogens with one attached hydrogen (secondary N) is 1. The predicted molar refractivity (Wildman–Crippen MR) is 75.9 cm³/mol. The van der Waals surface area contributed by atoms with E-state index >= 15 is 0 Å². The first-order chi connectivity index (χ1) is 7.93. The van der Waals surface area contributed by atoms with E-state index in [0.29, 0.717) is 0 Å². The van der Waals surface area contributed by atoms with Gasteiger partial charge in [-0.1, -0.05) is 15.9 Å². The zero-order valence-corrected chi connectivity index (χ0v) is 12.5. The van der Waals surface area contributed by atoms with Crippen molar-refractivity contribution in [3.8, 4) is 0 Å². The van der Waals surface area contributed by atoms with E-state index in [4.69, 9.17) is 17.0 Å². The Kier molecular flexibility index (Phi) is 3.43. The molecule has 0 saturated heterocycles. The molecule has 0 amide bonds. The molecule has 0 aliphatic heterocycles. The molecule has 0 aliphatic rings. The average molecular weight is 315 g/mol. The van der Waals surface area contributed by atoms with Crippen LogP contribution in [-0.2, 0) is 11.3 Å². The van der Waals surface area contributed by atoms with Gasteiger partial charge in [0.1, 0.15) is 0 Å². The van der Waals surface area contributed by atoms with Gasteiger partial charge in [-0.3, -0.25) is 0 Å². The average Bonchev–Trinajstić information content (AvgIpc) is 2.56. The number of benzene rings is 1. The van der Waals surface area contributed by atoms with E-state index in [-0.39, 0.29) is 5.60 Å². The Hall–Kier alpha value is -0.650. The number of halogens is 1. The summed E-state index contributed by atoms with van der Waals surface area (Å²) in [5, 5.41) is 0. The van der Waals surface area contributed by atoms with Gasteiger partial charge < -0.3 is 14.3 Å². The van der Waals surface area contributed by atoms with Crippen LogP contribution in [-0.4, -0.2) is 22.3 Å². The Morgan fingerprint density at radius 3 is 2.82 bits per heavy atom. The Morgan fingerprint density at radius 1 is 1.47 bits per heavy atom. The molecule has 1 N–H and O–H groups in total. The molecule has 1 heterocycles. The van der Waals surface area contributed by atoms with Crippen LogP contribution in [0.25, 0.3) is 11.0 Å². The lowest BCUT2D eigenvalue weighted by molar-refractivity contribution is 0.00873. The highest BCUT2D eigenvalue weighted by molar-refractivity contribution is 9.10. The van der Waals surface area contributed by atoms with Crippen molar-refractivity contribution in [1.82, 2.24) is 9.55 Å². The highest BCUT2D eigenvalue weighted by atomic mass is 79.9. The first-order valence-corrected chi connectivity index (χ1v) is 6.56. The monoisotopic (exact) mass is 314 g/mol. The van der Waals surface area contributed by atoms with Crippen LogP contribution < -0.4 is 0 Å². The minimum Gasteiger partial charge on any atom is -0.377 e. The lowest BCUT2D eigenvalue weighted by atomic mass is 10.1. The molecule has 1 aromatic carbocycles. The van der Waals surface area contributed by atoms with Gasteiger partial charge in [0.15, 0.2) is 4.77 Å². The Labute approximate surface area is 114 Å². The van der Waals surface area contributed by atoms with Crippen LogP contribution in [0.2, 0.25) is 0 Å². The fraction of sp³-hybridized carbons (Fsp3) is 0.417. The molecule has 1 aromatic heterocycles. The Bertz CT molecular complexity index is 600. The fourth-order valence-corrected chi connectivity index (χ4v) is 2.35. The van der Waals surface area contributed by atoms with Gasteiger partial charge in [-0.15, -0.1) is 0 Å². The lowest BCUT2D eigenvalue weighted by Crippen LogP contribution is -2.29. The molecular formula is C12H15BrN2OS. The summed E-state index contributed by atoms with van der Waals surface area (Å²) < 4.78 is 9.29. The predicted octanol–water partition coefficient (Wildman–Crippen LogP) is 3.89. The number of aromatic amines is 1. The van der Waals surface area contributed by atoms with Crippen molar-refractivity contribution in [2.24, 2.45) is 0 Å². The Balaban J connectivity index is 2.56. The van der Waals surface area contributed by atoms with E-state index in [9.17, 15) is 0 Å². The highest BCUT2D eigenvalue weighted by Gasteiger charge is 2.19. The second kappa shape index (κ2) is 4.55. The lowest BCUT2D eigenvalue weighted by Gasteiger charge is -2.23. The topological polar surface area (TPSA) is 29.9 Å². The maximum absolute atomic E-state index is 5.45. The summed E-state index contributed by atoms with van der Waals surface area (Å²) in [6, 6.07) is 6.08. The van der Waals surface area contributed by atoms with Gasteiger partial charge in [-0.05, 0) is 44.3 Å². The number of hydrogen-bond acceptors (Lipinski definition) is 2. The number of imidazole rings is 1. The normalized spacial score (nSPS) is 12.2. The van der Waals surface area contributed by atoms with Crippen LogP contribution in [0.1, 0.15) is 13.8 Å². The molecule has 0 fully saturated rings. The molecule has 0 saturated carbocycles. The SMILES string of the molecule is COC(C)(C)Cn1c(=S)[nH]c2ccc(Br)cc21. The van der Waals surface area contributed by atoms with Crippen molar-refractivity contribution in [3.05, 3.63) is 27.4 Å². The van der Waals surface area contributed by atoms with Gasteiger partial charge in [0, 0.05) is 11.6 Å². The van der Waals surface area contributed by atoms with Crippen LogP contribution in [0, 0.1) is 4.77 Å². The van der Waals surface area contributed by atoms with Crippen LogP contribution in [0.5, 0.6) is 0 Å². The first-order valence-electron chi connectivity index (χ1n) is 5.36. The maximum Gasteiger partial charge on any atom is 0.178 e. The van der Waals surface area contributed by atoms with Crippen LogP contribution in [0.4, 0.5) is 0 Å². The molecule has 17 heavy (non-hydrogen) atoms. The number of nitrogens with zero attached hydrogens (tertiary/aromatic N) is 1. The summed E-state index contributed by atoms with van der Waals surface area (Å²) in [5.74, 6) is 0. The van der Waals surface area contributed by atoms with Gasteiger partial charge in [-0.25, -0.2) is 0 Å². The van der Waals surface area contributed by atoms with E-state index < -0.39 is 0 Å². The molecule has 92 valence electrons. The third-order valence-electron chi connectivity index (χ3n) is 2.83. The van der Waals surface area contributed by atoms with E-state index in [0.717, 1.165) is 26.8 Å². The summed E-state index contributed by atoms with van der Waals surface area (Å²) in [5.41, 5.74) is 1.90. The molecule has 2 aromatic rings. The molecule has 3 nitrogen and oxygen atoms in total. The molecule has 0 radical (unpaired) electrons. The molecule has 2 rings (SSSR count). The van der Waals surface area contributed by atoms with Gasteiger partial charge in [0.05, 0.1) is 23.2 Å². The summed E-state index contributed by atoms with van der Waals surface area (Å²) in [6.07, 6.45) is 0. The molecule has 0 unspecified atom stereocenters. The van der Waals surface area contributed by atoms with Gasteiger partial charge in [-0.2, -0.15) is 0 Å². The molecule has 0 aliphatic carbocycles. The number of rotatable bonds is 3. The van der Waals surface area contributed by atoms with Gasteiger partial charge >= 0.3 is 0 Å². The number of aromatic nitrogens is 2. The third kappa shape index (κ3) is 2.61. The molecular weight excluding hydrogens is 300 g/mol. The van der Waals surface area contributed by atoms with E-state index in [1.54, 1.807) is 7.11 Å². The van der Waals surface area contributed by atoms with Crippen molar-refractivity contribution in [2.45, 2.75) is 26.0 Å². The number of fused-ring (bicyclic) bond motifs is 1. The summed E-state index contributed by atoms with van der Waals surface area (Å²) in [4.78, 5) is 3.20. The van der Waals surface area contributed by atoms with Gasteiger partial charge in [0.2, 0.25) is 0 Å². The smallest absolute Gasteiger partial charge is 0.178 e. The Morgan fingerprint density at radius 2 is 2.18 bits per heavy atom. The van der Waals surface area contributed by atoms with Crippen molar-refractivity contribution >= 4 is 39.2 Å². The minimum absolute atomic E-state index is 0.240. The van der Waals surface area contributed by atoms with E-state index in [1.165, 1.54) is 0 Å². The number of ether oxygens (including phenoxy) is 1. The molecule has 0 spiro atoms. The van der Waals surface area contributed by atoms with Crippen molar-refractivity contribution < 1.29 is 4.74 Å². The number of methoxy groups -OCH3 is 1. The van der Waals surface area contributed by atoms with Crippen molar-refractivity contribution in [3.63, 3.8) is 0 Å². The zero-order valence-electron chi connectivity index (χ0n) is 10.1. The quantitative estimate of drug-likeness (QED) is 0.871. The van der Waals surface area contributed by atoms with Crippen molar-refractivity contribution in [2.75, 3.05) is 7.11 Å². The van der Waals surface area contributed by atoms with Crippen LogP contribution in [0.15, 0.2) is 22.7 Å². The highest BCUT2D eigenvalue weighted by Crippen LogP contribution is 2.22. The zero-order chi connectivity index (χ0) is 12.6. The van der Waals surface area contributed by atoms with Crippen molar-refractivity contribution in [1.29, 1.82) is 0 Å². The van der Waals surface area contributed by atoms with Crippen LogP contribution >= 0.6 is 28.1 Å². The largest absolute Gasteiger partial charge is 0.377 e. The standard InChI is InChI=1S/C12H15BrN2OS/c1-12(2,16-3)7-15-10-6-8(13)4-5-9(10)14-11(15)17/h4-6H,7H2,1-3H3,(H,14,17). The first kappa shape index (κ1) is 12.8. The second-order valence-corrected chi connectivity index (χ2v) is 5.94. The van der Waals surface area contributed by atoms with E-state index in [2.05, 4.69) is 31.5 Å². The van der Waals surface area contributed by atoms with Gasteiger partial charge in [0.25, 0.3) is 0 Å². The second-order valence-electron chi connectivity index (χ2n) is 4.64. The third-order valence-corrected chi connectivity index (χ3v) is 3.64. The fourth-order valence-electron chi connectivity index (χ4n) is 1.73. The minimum atomic E-state index is -0.240. The molecule has 0 atom stereocenters. The summed E-state index contributed by atoms with van der Waals surface area (Å²) in [7, 11) is 1.72.